The van der Waals surface area contributed by atoms with Gasteiger partial charge in [-0.2, -0.15) is 0 Å². The first-order valence-electron chi connectivity index (χ1n) is 10.4. The summed E-state index contributed by atoms with van der Waals surface area (Å²) >= 11 is 0. The molecule has 3 aromatic rings. The number of fused-ring (bicyclic) bond motifs is 2. The molecule has 3 rings (SSSR count). The van der Waals surface area contributed by atoms with Crippen LogP contribution < -0.4 is 5.43 Å². The molecule has 1 heterocycles. The molecular weight excluding hydrogens is 396 g/mol. The predicted molar refractivity (Wildman–Crippen MR) is 124 cm³/mol. The third kappa shape index (κ3) is 4.24. The highest BCUT2D eigenvalue weighted by Gasteiger charge is 2.24. The summed E-state index contributed by atoms with van der Waals surface area (Å²) in [5, 5.41) is 41.8. The molecule has 6 nitrogen and oxygen atoms in total. The van der Waals surface area contributed by atoms with E-state index in [0.717, 1.165) is 6.42 Å². The lowest BCUT2D eigenvalue weighted by molar-refractivity contribution is 0.393. The lowest BCUT2D eigenvalue weighted by Gasteiger charge is -2.12. The fourth-order valence-electron chi connectivity index (χ4n) is 3.39. The summed E-state index contributed by atoms with van der Waals surface area (Å²) in [6.07, 6.45) is 8.40. The normalized spacial score (nSPS) is 12.5. The van der Waals surface area contributed by atoms with Crippen molar-refractivity contribution in [1.82, 2.24) is 0 Å². The maximum Gasteiger partial charge on any atom is 0.205 e. The second-order valence-corrected chi connectivity index (χ2v) is 8.54. The van der Waals surface area contributed by atoms with Crippen molar-refractivity contribution in [2.45, 2.75) is 40.5 Å². The molecule has 0 fully saturated rings. The van der Waals surface area contributed by atoms with Gasteiger partial charge in [-0.25, -0.2) is 0 Å². The highest BCUT2D eigenvalue weighted by Crippen LogP contribution is 2.45. The fourth-order valence-corrected chi connectivity index (χ4v) is 3.39. The van der Waals surface area contributed by atoms with Gasteiger partial charge in [0, 0.05) is 0 Å². The second kappa shape index (κ2) is 8.76. The minimum Gasteiger partial charge on any atom is -0.506 e. The summed E-state index contributed by atoms with van der Waals surface area (Å²) in [5.74, 6) is -1.25. The van der Waals surface area contributed by atoms with Crippen molar-refractivity contribution in [3.05, 3.63) is 45.6 Å². The average molecular weight is 424 g/mol. The van der Waals surface area contributed by atoms with E-state index in [0.29, 0.717) is 23.8 Å². The molecule has 0 unspecified atom stereocenters. The topological polar surface area (TPSA) is 111 Å². The van der Waals surface area contributed by atoms with Gasteiger partial charge in [-0.1, -0.05) is 58.1 Å². The Hall–Kier alpha value is -3.41. The number of phenolic OH excluding ortho intramolecular Hbond substituents is 4. The van der Waals surface area contributed by atoms with Crippen LogP contribution in [0.3, 0.4) is 0 Å². The minimum absolute atomic E-state index is 0.0608. The molecular formula is C25H28O6. The molecule has 0 saturated carbocycles. The second-order valence-electron chi connectivity index (χ2n) is 8.54. The van der Waals surface area contributed by atoms with E-state index < -0.39 is 22.7 Å². The van der Waals surface area contributed by atoms with Crippen LogP contribution in [0.2, 0.25) is 0 Å². The number of phenols is 4. The molecule has 31 heavy (non-hydrogen) atoms. The summed E-state index contributed by atoms with van der Waals surface area (Å²) < 4.78 is 5.64. The van der Waals surface area contributed by atoms with Gasteiger partial charge in [0.2, 0.25) is 11.2 Å². The predicted octanol–water partition coefficient (Wildman–Crippen LogP) is 5.89. The SMILES string of the molecule is CC(C)CC=Cc1c(O)c(O)c2oc3c(O)ccc(C=CCC(C)C)c3c(=O)c2c1O. The van der Waals surface area contributed by atoms with Crippen LogP contribution in [-0.4, -0.2) is 20.4 Å². The Morgan fingerprint density at radius 3 is 2.03 bits per heavy atom. The average Bonchev–Trinajstić information content (AvgIpc) is 2.70. The molecule has 164 valence electrons. The van der Waals surface area contributed by atoms with E-state index in [9.17, 15) is 25.2 Å². The maximum atomic E-state index is 13.4. The molecule has 0 saturated heterocycles. The van der Waals surface area contributed by atoms with E-state index in [-0.39, 0.29) is 33.3 Å². The summed E-state index contributed by atoms with van der Waals surface area (Å²) in [6, 6.07) is 2.99. The van der Waals surface area contributed by atoms with Crippen molar-refractivity contribution >= 4 is 34.1 Å². The number of aromatic hydroxyl groups is 4. The smallest absolute Gasteiger partial charge is 0.205 e. The van der Waals surface area contributed by atoms with Gasteiger partial charge in [-0.15, -0.1) is 0 Å². The van der Waals surface area contributed by atoms with E-state index >= 15 is 0 Å². The Kier molecular flexibility index (Phi) is 6.29. The van der Waals surface area contributed by atoms with Crippen LogP contribution in [0.4, 0.5) is 0 Å². The third-order valence-electron chi connectivity index (χ3n) is 5.04. The first-order chi connectivity index (χ1) is 14.6. The van der Waals surface area contributed by atoms with Crippen molar-refractivity contribution < 1.29 is 24.8 Å². The summed E-state index contributed by atoms with van der Waals surface area (Å²) in [6.45, 7) is 8.18. The highest BCUT2D eigenvalue weighted by atomic mass is 16.4. The molecule has 0 atom stereocenters. The van der Waals surface area contributed by atoms with E-state index in [4.69, 9.17) is 4.42 Å². The Morgan fingerprint density at radius 2 is 1.42 bits per heavy atom. The van der Waals surface area contributed by atoms with Crippen LogP contribution in [0.25, 0.3) is 34.1 Å². The fraction of sp³-hybridized carbons (Fsp3) is 0.320. The Balaban J connectivity index is 2.36. The van der Waals surface area contributed by atoms with Gasteiger partial charge in [0.05, 0.1) is 10.9 Å². The standard InChI is InChI=1S/C25H28O6/c1-13(2)7-5-9-15-11-12-17(26)24-18(15)22(29)19-20(27)16(10-6-8-14(3)4)21(28)23(30)25(19)31-24/h5-6,9-14,26-28,30H,7-8H2,1-4H3. The summed E-state index contributed by atoms with van der Waals surface area (Å²) in [4.78, 5) is 13.4. The monoisotopic (exact) mass is 424 g/mol. The van der Waals surface area contributed by atoms with Gasteiger partial charge in [0.15, 0.2) is 22.7 Å². The zero-order valence-electron chi connectivity index (χ0n) is 18.1. The Labute approximate surface area is 180 Å². The van der Waals surface area contributed by atoms with Gasteiger partial charge in [-0.3, -0.25) is 4.79 Å². The molecule has 0 radical (unpaired) electrons. The molecule has 0 aliphatic heterocycles. The van der Waals surface area contributed by atoms with Gasteiger partial charge < -0.3 is 24.8 Å². The number of hydrogen-bond acceptors (Lipinski definition) is 6. The molecule has 2 aromatic carbocycles. The van der Waals surface area contributed by atoms with E-state index in [1.54, 1.807) is 18.2 Å². The highest BCUT2D eigenvalue weighted by molar-refractivity contribution is 6.03. The molecule has 0 aliphatic rings. The third-order valence-corrected chi connectivity index (χ3v) is 5.04. The molecule has 0 aliphatic carbocycles. The Bertz CT molecular complexity index is 1250. The van der Waals surface area contributed by atoms with Crippen molar-refractivity contribution in [1.29, 1.82) is 0 Å². The van der Waals surface area contributed by atoms with E-state index in [2.05, 4.69) is 13.8 Å². The molecule has 1 aromatic heterocycles. The number of hydrogen-bond donors (Lipinski definition) is 4. The van der Waals surface area contributed by atoms with Crippen molar-refractivity contribution in [2.24, 2.45) is 11.8 Å². The first kappa shape index (κ1) is 22.3. The quantitative estimate of drug-likeness (QED) is 0.223. The number of allylic oxidation sites excluding steroid dienone is 2. The lowest BCUT2D eigenvalue weighted by atomic mass is 10.0. The van der Waals surface area contributed by atoms with Gasteiger partial charge >= 0.3 is 0 Å². The van der Waals surface area contributed by atoms with Crippen molar-refractivity contribution in [3.8, 4) is 23.0 Å². The van der Waals surface area contributed by atoms with E-state index in [1.165, 1.54) is 12.1 Å². The number of benzene rings is 2. The minimum atomic E-state index is -0.670. The first-order valence-corrected chi connectivity index (χ1v) is 10.4. The lowest BCUT2D eigenvalue weighted by Crippen LogP contribution is -2.05. The molecule has 4 N–H and O–H groups in total. The largest absolute Gasteiger partial charge is 0.506 e. The molecule has 0 spiro atoms. The number of rotatable bonds is 6. The van der Waals surface area contributed by atoms with Crippen LogP contribution in [0.5, 0.6) is 23.0 Å². The molecule has 6 heteroatoms. The van der Waals surface area contributed by atoms with Gasteiger partial charge in [0.25, 0.3) is 0 Å². The molecule has 0 amide bonds. The summed E-state index contributed by atoms with van der Waals surface area (Å²) in [7, 11) is 0. The van der Waals surface area contributed by atoms with Crippen molar-refractivity contribution in [2.75, 3.05) is 0 Å². The van der Waals surface area contributed by atoms with Gasteiger partial charge in [-0.05, 0) is 36.3 Å². The van der Waals surface area contributed by atoms with Crippen LogP contribution in [0, 0.1) is 11.8 Å². The molecule has 0 bridgehead atoms. The van der Waals surface area contributed by atoms with E-state index in [1.807, 2.05) is 19.9 Å². The Morgan fingerprint density at radius 1 is 0.806 bits per heavy atom. The van der Waals surface area contributed by atoms with Gasteiger partial charge in [0.1, 0.15) is 11.1 Å². The maximum absolute atomic E-state index is 13.4. The zero-order chi connectivity index (χ0) is 22.9. The zero-order valence-corrected chi connectivity index (χ0v) is 18.1. The van der Waals surface area contributed by atoms with Crippen LogP contribution in [0.1, 0.15) is 51.7 Å². The summed E-state index contributed by atoms with van der Waals surface area (Å²) in [5.41, 5.74) is -0.654. The van der Waals surface area contributed by atoms with Crippen LogP contribution in [0.15, 0.2) is 33.5 Å². The van der Waals surface area contributed by atoms with Crippen LogP contribution >= 0.6 is 0 Å². The van der Waals surface area contributed by atoms with Crippen molar-refractivity contribution in [3.63, 3.8) is 0 Å². The van der Waals surface area contributed by atoms with Crippen LogP contribution in [-0.2, 0) is 0 Å².